The second kappa shape index (κ2) is 6.75. The van der Waals surface area contributed by atoms with Crippen LogP contribution in [0.15, 0.2) is 0 Å². The topological polar surface area (TPSA) is 15.3 Å². The minimum atomic E-state index is 0.645. The van der Waals surface area contributed by atoms with Crippen LogP contribution >= 0.6 is 0 Å². The van der Waals surface area contributed by atoms with Crippen molar-refractivity contribution in [2.45, 2.75) is 72.0 Å². The molecule has 0 aromatic heterocycles. The molecular weight excluding hydrogens is 208 g/mol. The quantitative estimate of drug-likeness (QED) is 0.794. The standard InChI is InChI=1S/C15H32N2/c1-7-16-14-9-8-13(11(2)3)10-15(14)17(6)12(4)5/h11-16H,7-10H2,1-6H3. The highest BCUT2D eigenvalue weighted by Crippen LogP contribution is 2.33. The van der Waals surface area contributed by atoms with Crippen molar-refractivity contribution >= 4 is 0 Å². The van der Waals surface area contributed by atoms with Gasteiger partial charge < -0.3 is 5.32 Å². The summed E-state index contributed by atoms with van der Waals surface area (Å²) in [5.74, 6) is 1.75. The highest BCUT2D eigenvalue weighted by Gasteiger charge is 2.34. The summed E-state index contributed by atoms with van der Waals surface area (Å²) in [6, 6.07) is 2.06. The Morgan fingerprint density at radius 1 is 1.18 bits per heavy atom. The maximum absolute atomic E-state index is 3.69. The number of nitrogens with one attached hydrogen (secondary N) is 1. The molecule has 0 aliphatic heterocycles. The minimum absolute atomic E-state index is 0.645. The molecule has 0 amide bonds. The van der Waals surface area contributed by atoms with Gasteiger partial charge in [-0.05, 0) is 58.5 Å². The summed E-state index contributed by atoms with van der Waals surface area (Å²) in [6.07, 6.45) is 4.11. The zero-order valence-corrected chi connectivity index (χ0v) is 12.7. The molecule has 1 aliphatic carbocycles. The average Bonchev–Trinajstić information content (AvgIpc) is 2.28. The molecule has 0 aromatic rings. The summed E-state index contributed by atoms with van der Waals surface area (Å²) >= 11 is 0. The number of nitrogens with zero attached hydrogens (tertiary/aromatic N) is 1. The van der Waals surface area contributed by atoms with Crippen LogP contribution in [0.3, 0.4) is 0 Å². The van der Waals surface area contributed by atoms with Gasteiger partial charge in [0, 0.05) is 18.1 Å². The van der Waals surface area contributed by atoms with E-state index in [2.05, 4.69) is 51.9 Å². The van der Waals surface area contributed by atoms with Gasteiger partial charge in [0.25, 0.3) is 0 Å². The highest BCUT2D eigenvalue weighted by atomic mass is 15.2. The van der Waals surface area contributed by atoms with E-state index in [1.54, 1.807) is 0 Å². The molecule has 1 rings (SSSR count). The minimum Gasteiger partial charge on any atom is -0.313 e. The number of rotatable bonds is 5. The molecule has 0 saturated heterocycles. The Labute approximate surface area is 108 Å². The van der Waals surface area contributed by atoms with E-state index in [-0.39, 0.29) is 0 Å². The van der Waals surface area contributed by atoms with E-state index in [0.29, 0.717) is 12.1 Å². The third-order valence-corrected chi connectivity index (χ3v) is 4.60. The van der Waals surface area contributed by atoms with Crippen LogP contribution in [0.1, 0.15) is 53.9 Å². The van der Waals surface area contributed by atoms with Crippen LogP contribution in [0, 0.1) is 11.8 Å². The lowest BCUT2D eigenvalue weighted by atomic mass is 9.76. The molecule has 0 aromatic carbocycles. The first-order valence-corrected chi connectivity index (χ1v) is 7.42. The Morgan fingerprint density at radius 3 is 2.29 bits per heavy atom. The Hall–Kier alpha value is -0.0800. The van der Waals surface area contributed by atoms with Gasteiger partial charge in [0.05, 0.1) is 0 Å². The zero-order chi connectivity index (χ0) is 13.0. The first-order valence-electron chi connectivity index (χ1n) is 7.42. The predicted octanol–water partition coefficient (Wildman–Crippen LogP) is 3.13. The number of hydrogen-bond donors (Lipinski definition) is 1. The molecule has 1 fully saturated rings. The van der Waals surface area contributed by atoms with Gasteiger partial charge >= 0.3 is 0 Å². The van der Waals surface area contributed by atoms with Crippen molar-refractivity contribution in [3.05, 3.63) is 0 Å². The lowest BCUT2D eigenvalue weighted by Crippen LogP contribution is -2.54. The van der Waals surface area contributed by atoms with Crippen LogP contribution < -0.4 is 5.32 Å². The van der Waals surface area contributed by atoms with Crippen LogP contribution in [-0.4, -0.2) is 36.6 Å². The summed E-state index contributed by atoms with van der Waals surface area (Å²) in [7, 11) is 2.29. The van der Waals surface area contributed by atoms with E-state index in [9.17, 15) is 0 Å². The fourth-order valence-corrected chi connectivity index (χ4v) is 3.12. The molecule has 1 N–H and O–H groups in total. The third kappa shape index (κ3) is 3.96. The second-order valence-corrected chi connectivity index (χ2v) is 6.31. The molecule has 2 heteroatoms. The molecule has 2 nitrogen and oxygen atoms in total. The van der Waals surface area contributed by atoms with Crippen LogP contribution in [0.5, 0.6) is 0 Å². The zero-order valence-electron chi connectivity index (χ0n) is 12.7. The van der Waals surface area contributed by atoms with Crippen molar-refractivity contribution in [3.63, 3.8) is 0 Å². The molecule has 3 atom stereocenters. The van der Waals surface area contributed by atoms with Gasteiger partial charge in [-0.15, -0.1) is 0 Å². The smallest absolute Gasteiger partial charge is 0.0251 e. The van der Waals surface area contributed by atoms with E-state index in [0.717, 1.165) is 24.4 Å². The predicted molar refractivity (Wildman–Crippen MR) is 76.3 cm³/mol. The largest absolute Gasteiger partial charge is 0.313 e. The van der Waals surface area contributed by atoms with Crippen LogP contribution in [-0.2, 0) is 0 Å². The SMILES string of the molecule is CCNC1CCC(C(C)C)CC1N(C)C(C)C. The van der Waals surface area contributed by atoms with Crippen LogP contribution in [0.25, 0.3) is 0 Å². The molecule has 17 heavy (non-hydrogen) atoms. The van der Waals surface area contributed by atoms with Crippen LogP contribution in [0.4, 0.5) is 0 Å². The number of likely N-dealkylation sites (N-methyl/N-ethyl adjacent to an activating group) is 2. The average molecular weight is 240 g/mol. The van der Waals surface area contributed by atoms with Crippen molar-refractivity contribution in [2.75, 3.05) is 13.6 Å². The second-order valence-electron chi connectivity index (χ2n) is 6.31. The summed E-state index contributed by atoms with van der Waals surface area (Å²) < 4.78 is 0. The molecule has 3 unspecified atom stereocenters. The lowest BCUT2D eigenvalue weighted by Gasteiger charge is -2.44. The van der Waals surface area contributed by atoms with Crippen molar-refractivity contribution in [1.29, 1.82) is 0 Å². The third-order valence-electron chi connectivity index (χ3n) is 4.60. The van der Waals surface area contributed by atoms with Gasteiger partial charge in [-0.2, -0.15) is 0 Å². The van der Waals surface area contributed by atoms with Crippen molar-refractivity contribution in [1.82, 2.24) is 10.2 Å². The fraction of sp³-hybridized carbons (Fsp3) is 1.00. The van der Waals surface area contributed by atoms with Crippen molar-refractivity contribution < 1.29 is 0 Å². The molecular formula is C15H32N2. The maximum atomic E-state index is 3.69. The van der Waals surface area contributed by atoms with Crippen molar-refractivity contribution in [2.24, 2.45) is 11.8 Å². The highest BCUT2D eigenvalue weighted by molar-refractivity contribution is 4.91. The van der Waals surface area contributed by atoms with Gasteiger partial charge in [0.1, 0.15) is 0 Å². The lowest BCUT2D eigenvalue weighted by molar-refractivity contribution is 0.0825. The Bertz CT molecular complexity index is 213. The Morgan fingerprint density at radius 2 is 1.82 bits per heavy atom. The van der Waals surface area contributed by atoms with Gasteiger partial charge in [0.2, 0.25) is 0 Å². The fourth-order valence-electron chi connectivity index (χ4n) is 3.12. The molecule has 1 saturated carbocycles. The Balaban J connectivity index is 2.68. The first kappa shape index (κ1) is 15.0. The molecule has 102 valence electrons. The van der Waals surface area contributed by atoms with Gasteiger partial charge in [0.15, 0.2) is 0 Å². The van der Waals surface area contributed by atoms with E-state index in [1.165, 1.54) is 19.3 Å². The normalized spacial score (nSPS) is 30.5. The van der Waals surface area contributed by atoms with E-state index < -0.39 is 0 Å². The molecule has 0 radical (unpaired) electrons. The maximum Gasteiger partial charge on any atom is 0.0251 e. The van der Waals surface area contributed by atoms with Gasteiger partial charge in [-0.25, -0.2) is 0 Å². The molecule has 0 spiro atoms. The summed E-state index contributed by atoms with van der Waals surface area (Å²) in [5.41, 5.74) is 0. The van der Waals surface area contributed by atoms with Gasteiger partial charge in [-0.1, -0.05) is 20.8 Å². The van der Waals surface area contributed by atoms with E-state index in [4.69, 9.17) is 0 Å². The monoisotopic (exact) mass is 240 g/mol. The molecule has 0 bridgehead atoms. The first-order chi connectivity index (χ1) is 7.97. The molecule has 0 heterocycles. The Kier molecular flexibility index (Phi) is 5.94. The molecule has 1 aliphatic rings. The van der Waals surface area contributed by atoms with Crippen molar-refractivity contribution in [3.8, 4) is 0 Å². The summed E-state index contributed by atoms with van der Waals surface area (Å²) in [4.78, 5) is 2.57. The van der Waals surface area contributed by atoms with E-state index >= 15 is 0 Å². The summed E-state index contributed by atoms with van der Waals surface area (Å²) in [5, 5.41) is 3.69. The van der Waals surface area contributed by atoms with Gasteiger partial charge in [-0.3, -0.25) is 4.90 Å². The number of hydrogen-bond acceptors (Lipinski definition) is 2. The summed E-state index contributed by atoms with van der Waals surface area (Å²) in [6.45, 7) is 12.7. The van der Waals surface area contributed by atoms with Crippen LogP contribution in [0.2, 0.25) is 0 Å². The van der Waals surface area contributed by atoms with E-state index in [1.807, 2.05) is 0 Å².